The minimum absolute atomic E-state index is 0.430. The molecule has 0 aliphatic rings. The lowest BCUT2D eigenvalue weighted by atomic mass is 10.3. The lowest BCUT2D eigenvalue weighted by molar-refractivity contribution is 0.342. The van der Waals surface area contributed by atoms with Crippen molar-refractivity contribution in [3.63, 3.8) is 0 Å². The second kappa shape index (κ2) is 6.57. The van der Waals surface area contributed by atoms with Crippen LogP contribution in [0.25, 0.3) is 0 Å². The van der Waals surface area contributed by atoms with E-state index < -0.39 is 10.8 Å². The Morgan fingerprint density at radius 2 is 1.67 bits per heavy atom. The Hall–Kier alpha value is -1.32. The fraction of sp³-hybridized carbons (Fsp3) is 0.143. The van der Waals surface area contributed by atoms with Gasteiger partial charge < -0.3 is 4.74 Å². The predicted molar refractivity (Wildman–Crippen MR) is 74.7 cm³/mol. The number of rotatable bonds is 5. The largest absolute Gasteiger partial charge is 0.493 e. The third-order valence-electron chi connectivity index (χ3n) is 2.36. The van der Waals surface area contributed by atoms with Gasteiger partial charge in [0.1, 0.15) is 12.4 Å². The highest BCUT2D eigenvalue weighted by Crippen LogP contribution is 2.13. The van der Waals surface area contributed by atoms with Crippen molar-refractivity contribution in [2.24, 2.45) is 0 Å². The van der Waals surface area contributed by atoms with Gasteiger partial charge in [-0.05, 0) is 36.4 Å². The molecule has 0 radical (unpaired) electrons. The van der Waals surface area contributed by atoms with Gasteiger partial charge in [-0.25, -0.2) is 0 Å². The van der Waals surface area contributed by atoms with Gasteiger partial charge in [0.15, 0.2) is 0 Å². The van der Waals surface area contributed by atoms with Gasteiger partial charge in [-0.3, -0.25) is 4.21 Å². The van der Waals surface area contributed by atoms with Crippen molar-refractivity contribution in [1.82, 2.24) is 0 Å². The second-order valence-electron chi connectivity index (χ2n) is 3.67. The van der Waals surface area contributed by atoms with Gasteiger partial charge in [-0.2, -0.15) is 0 Å². The number of para-hydroxylation sites is 1. The molecule has 0 aromatic heterocycles. The minimum atomic E-state index is -1.05. The Kier molecular flexibility index (Phi) is 4.79. The standard InChI is InChI=1S/C14H13ClO2S/c15-12-6-8-14(9-7-12)18(16)11-10-17-13-4-2-1-3-5-13/h1-9H,10-11H2/t18-/m0/s1. The van der Waals surface area contributed by atoms with Crippen molar-refractivity contribution >= 4 is 22.4 Å². The Labute approximate surface area is 114 Å². The first-order chi connectivity index (χ1) is 8.75. The number of hydrogen-bond acceptors (Lipinski definition) is 2. The molecule has 0 N–H and O–H groups in total. The van der Waals surface area contributed by atoms with Crippen LogP contribution in [0, 0.1) is 0 Å². The number of halogens is 1. The first-order valence-corrected chi connectivity index (χ1v) is 7.27. The van der Waals surface area contributed by atoms with Crippen LogP contribution in [0.4, 0.5) is 0 Å². The van der Waals surface area contributed by atoms with Gasteiger partial charge in [0, 0.05) is 9.92 Å². The molecule has 2 aromatic rings. The van der Waals surface area contributed by atoms with Gasteiger partial charge in [0.2, 0.25) is 0 Å². The molecule has 18 heavy (non-hydrogen) atoms. The molecule has 0 amide bonds. The zero-order chi connectivity index (χ0) is 12.8. The molecule has 2 aromatic carbocycles. The summed E-state index contributed by atoms with van der Waals surface area (Å²) in [7, 11) is -1.05. The molecule has 0 bridgehead atoms. The Morgan fingerprint density at radius 1 is 1.00 bits per heavy atom. The van der Waals surface area contributed by atoms with Crippen LogP contribution in [0.15, 0.2) is 59.5 Å². The molecule has 0 unspecified atom stereocenters. The van der Waals surface area contributed by atoms with Crippen LogP contribution in [0.2, 0.25) is 5.02 Å². The van der Waals surface area contributed by atoms with Crippen LogP contribution in [0.1, 0.15) is 0 Å². The monoisotopic (exact) mass is 280 g/mol. The Bertz CT molecular complexity index is 511. The van der Waals surface area contributed by atoms with E-state index in [0.717, 1.165) is 10.6 Å². The van der Waals surface area contributed by atoms with Crippen molar-refractivity contribution in [1.29, 1.82) is 0 Å². The van der Waals surface area contributed by atoms with E-state index >= 15 is 0 Å². The SMILES string of the molecule is O=[S@@](CCOc1ccccc1)c1ccc(Cl)cc1. The highest BCUT2D eigenvalue weighted by atomic mass is 35.5. The average molecular weight is 281 g/mol. The van der Waals surface area contributed by atoms with Crippen LogP contribution >= 0.6 is 11.6 Å². The highest BCUT2D eigenvalue weighted by Gasteiger charge is 2.03. The molecule has 0 heterocycles. The summed E-state index contributed by atoms with van der Waals surface area (Å²) in [6, 6.07) is 16.5. The summed E-state index contributed by atoms with van der Waals surface area (Å²) < 4.78 is 17.4. The van der Waals surface area contributed by atoms with Crippen molar-refractivity contribution < 1.29 is 8.95 Å². The minimum Gasteiger partial charge on any atom is -0.493 e. The molecule has 0 spiro atoms. The van der Waals surface area contributed by atoms with Gasteiger partial charge in [-0.1, -0.05) is 29.8 Å². The Balaban J connectivity index is 1.84. The molecule has 0 saturated carbocycles. The van der Waals surface area contributed by atoms with Crippen LogP contribution in [0.3, 0.4) is 0 Å². The third-order valence-corrected chi connectivity index (χ3v) is 3.94. The third kappa shape index (κ3) is 3.86. The normalized spacial score (nSPS) is 12.1. The molecule has 2 rings (SSSR count). The maximum atomic E-state index is 11.9. The van der Waals surface area contributed by atoms with Crippen LogP contribution in [-0.2, 0) is 10.8 Å². The first kappa shape index (κ1) is 13.1. The number of hydrogen-bond donors (Lipinski definition) is 0. The fourth-order valence-electron chi connectivity index (χ4n) is 1.46. The topological polar surface area (TPSA) is 26.3 Å². The molecule has 94 valence electrons. The van der Waals surface area contributed by atoms with E-state index in [4.69, 9.17) is 16.3 Å². The lowest BCUT2D eigenvalue weighted by Crippen LogP contribution is -2.08. The zero-order valence-electron chi connectivity index (χ0n) is 9.71. The molecular weight excluding hydrogens is 268 g/mol. The van der Waals surface area contributed by atoms with E-state index in [1.54, 1.807) is 24.3 Å². The lowest BCUT2D eigenvalue weighted by Gasteiger charge is -2.06. The summed E-state index contributed by atoms with van der Waals surface area (Å²) in [6.07, 6.45) is 0. The van der Waals surface area contributed by atoms with E-state index in [0.29, 0.717) is 17.4 Å². The maximum Gasteiger partial charge on any atom is 0.119 e. The zero-order valence-corrected chi connectivity index (χ0v) is 11.3. The predicted octanol–water partition coefficient (Wildman–Crippen LogP) is 3.53. The van der Waals surface area contributed by atoms with Gasteiger partial charge in [-0.15, -0.1) is 0 Å². The summed E-state index contributed by atoms with van der Waals surface area (Å²) >= 11 is 5.78. The van der Waals surface area contributed by atoms with Crippen molar-refractivity contribution in [2.75, 3.05) is 12.4 Å². The molecule has 0 aliphatic heterocycles. The van der Waals surface area contributed by atoms with Gasteiger partial charge in [0.05, 0.1) is 16.6 Å². The van der Waals surface area contributed by atoms with E-state index in [1.807, 2.05) is 30.3 Å². The molecular formula is C14H13ClO2S. The van der Waals surface area contributed by atoms with Crippen LogP contribution in [0.5, 0.6) is 5.75 Å². The fourth-order valence-corrected chi connectivity index (χ4v) is 2.49. The molecule has 4 heteroatoms. The highest BCUT2D eigenvalue weighted by molar-refractivity contribution is 7.85. The second-order valence-corrected chi connectivity index (χ2v) is 5.67. The summed E-state index contributed by atoms with van der Waals surface area (Å²) in [6.45, 7) is 0.430. The van der Waals surface area contributed by atoms with Crippen LogP contribution < -0.4 is 4.74 Å². The van der Waals surface area contributed by atoms with Gasteiger partial charge >= 0.3 is 0 Å². The molecule has 0 saturated heterocycles. The van der Waals surface area contributed by atoms with E-state index in [1.165, 1.54) is 0 Å². The van der Waals surface area contributed by atoms with Crippen molar-refractivity contribution in [2.45, 2.75) is 4.90 Å². The smallest absolute Gasteiger partial charge is 0.119 e. The average Bonchev–Trinajstić information content (AvgIpc) is 2.40. The Morgan fingerprint density at radius 3 is 2.33 bits per heavy atom. The van der Waals surface area contributed by atoms with E-state index in [2.05, 4.69) is 0 Å². The molecule has 0 aliphatic carbocycles. The van der Waals surface area contributed by atoms with E-state index in [9.17, 15) is 4.21 Å². The molecule has 2 nitrogen and oxygen atoms in total. The van der Waals surface area contributed by atoms with Crippen LogP contribution in [-0.4, -0.2) is 16.6 Å². The first-order valence-electron chi connectivity index (χ1n) is 5.57. The number of ether oxygens (including phenoxy) is 1. The molecule has 1 atom stereocenters. The van der Waals surface area contributed by atoms with Gasteiger partial charge in [0.25, 0.3) is 0 Å². The maximum absolute atomic E-state index is 11.9. The summed E-state index contributed by atoms with van der Waals surface area (Å²) in [5, 5.41) is 0.649. The summed E-state index contributed by atoms with van der Waals surface area (Å²) in [5.41, 5.74) is 0. The van der Waals surface area contributed by atoms with Crippen molar-refractivity contribution in [3.8, 4) is 5.75 Å². The van der Waals surface area contributed by atoms with E-state index in [-0.39, 0.29) is 0 Å². The number of benzene rings is 2. The van der Waals surface area contributed by atoms with Crippen molar-refractivity contribution in [3.05, 3.63) is 59.6 Å². The summed E-state index contributed by atoms with van der Waals surface area (Å²) in [4.78, 5) is 0.774. The molecule has 0 fully saturated rings. The summed E-state index contributed by atoms with van der Waals surface area (Å²) in [5.74, 6) is 1.27. The quantitative estimate of drug-likeness (QED) is 0.837.